The first-order valence-corrected chi connectivity index (χ1v) is 10.4. The molecule has 0 aliphatic rings. The fourth-order valence-corrected chi connectivity index (χ4v) is 3.35. The Hall–Kier alpha value is -1.72. The number of carbonyl (C=O) groups is 1. The number of pyridine rings is 1. The Morgan fingerprint density at radius 1 is 1.11 bits per heavy atom. The van der Waals surface area contributed by atoms with Crippen molar-refractivity contribution in [2.24, 2.45) is 5.92 Å². The molecule has 154 valence electrons. The van der Waals surface area contributed by atoms with Crippen molar-refractivity contribution in [1.29, 1.82) is 0 Å². The van der Waals surface area contributed by atoms with Gasteiger partial charge in [-0.05, 0) is 31.4 Å². The van der Waals surface area contributed by atoms with Gasteiger partial charge in [0.1, 0.15) is 0 Å². The molecule has 2 aromatic rings. The van der Waals surface area contributed by atoms with Gasteiger partial charge in [-0.2, -0.15) is 0 Å². The minimum atomic E-state index is -0.585. The fraction of sp³-hybridized carbons (Fsp3) is 0.524. The lowest BCUT2D eigenvalue weighted by Gasteiger charge is -2.20. The molecule has 0 N–H and O–H groups in total. The van der Waals surface area contributed by atoms with E-state index < -0.39 is 5.97 Å². The lowest BCUT2D eigenvalue weighted by Crippen LogP contribution is -2.30. The van der Waals surface area contributed by atoms with Crippen LogP contribution in [-0.4, -0.2) is 23.8 Å². The van der Waals surface area contributed by atoms with Gasteiger partial charge in [0, 0.05) is 11.9 Å². The Kier molecular flexibility index (Phi) is 8.20. The summed E-state index contributed by atoms with van der Waals surface area (Å²) in [6, 6.07) is 3.12. The van der Waals surface area contributed by atoms with E-state index in [0.29, 0.717) is 34.7 Å². The molecule has 1 heterocycles. The van der Waals surface area contributed by atoms with E-state index in [0.717, 1.165) is 19.3 Å². The number of carbonyl (C=O) groups excluding carboxylic acids is 1. The molecule has 28 heavy (non-hydrogen) atoms. The zero-order valence-electron chi connectivity index (χ0n) is 16.8. The molecule has 0 atom stereocenters. The Bertz CT molecular complexity index is 906. The van der Waals surface area contributed by atoms with E-state index in [4.69, 9.17) is 32.7 Å². The maximum atomic E-state index is 13.2. The molecule has 0 radical (unpaired) electrons. The minimum Gasteiger partial charge on any atom is -0.490 e. The van der Waals surface area contributed by atoms with Gasteiger partial charge in [0.25, 0.3) is 5.56 Å². The average molecular weight is 428 g/mol. The molecule has 0 bridgehead atoms. The molecule has 5 nitrogen and oxygen atoms in total. The average Bonchev–Trinajstić information content (AvgIpc) is 2.63. The third-order valence-electron chi connectivity index (χ3n) is 4.28. The Balaban J connectivity index is 2.80. The fourth-order valence-electron chi connectivity index (χ4n) is 3.02. The third-order valence-corrected chi connectivity index (χ3v) is 5.00. The van der Waals surface area contributed by atoms with Gasteiger partial charge in [0.15, 0.2) is 11.4 Å². The number of benzene rings is 1. The van der Waals surface area contributed by atoms with E-state index in [1.54, 1.807) is 13.0 Å². The van der Waals surface area contributed by atoms with E-state index in [2.05, 4.69) is 6.92 Å². The van der Waals surface area contributed by atoms with Crippen molar-refractivity contribution < 1.29 is 14.3 Å². The van der Waals surface area contributed by atoms with Crippen LogP contribution in [0.25, 0.3) is 10.8 Å². The van der Waals surface area contributed by atoms with Crippen LogP contribution in [0, 0.1) is 5.92 Å². The summed E-state index contributed by atoms with van der Waals surface area (Å²) >= 11 is 12.4. The van der Waals surface area contributed by atoms with Gasteiger partial charge in [-0.15, -0.1) is 0 Å². The maximum absolute atomic E-state index is 13.2. The monoisotopic (exact) mass is 427 g/mol. The molecule has 0 amide bonds. The molecule has 2 rings (SSSR count). The Morgan fingerprint density at radius 3 is 2.32 bits per heavy atom. The highest BCUT2D eigenvalue weighted by molar-refractivity contribution is 6.42. The molecule has 0 aliphatic carbocycles. The standard InChI is InChI=1S/C21H27Cl2NO4/c1-5-7-8-9-28-19-14-10-16(22)17(23)11-15(14)20(25)24(12-13(3)4)18(19)21(26)27-6-2/h10-11,13H,5-9,12H2,1-4H3. The van der Waals surface area contributed by atoms with Crippen molar-refractivity contribution in [3.8, 4) is 5.75 Å². The van der Waals surface area contributed by atoms with Gasteiger partial charge in [-0.25, -0.2) is 4.79 Å². The van der Waals surface area contributed by atoms with E-state index >= 15 is 0 Å². The summed E-state index contributed by atoms with van der Waals surface area (Å²) in [5, 5.41) is 1.42. The third kappa shape index (κ3) is 5.00. The maximum Gasteiger partial charge on any atom is 0.358 e. The van der Waals surface area contributed by atoms with Crippen LogP contribution in [-0.2, 0) is 11.3 Å². The first-order valence-electron chi connectivity index (χ1n) is 9.67. The second-order valence-corrected chi connectivity index (χ2v) is 7.89. The van der Waals surface area contributed by atoms with E-state index in [1.165, 1.54) is 10.6 Å². The van der Waals surface area contributed by atoms with Crippen LogP contribution in [0.1, 0.15) is 57.4 Å². The van der Waals surface area contributed by atoms with E-state index in [9.17, 15) is 9.59 Å². The van der Waals surface area contributed by atoms with E-state index in [1.807, 2.05) is 13.8 Å². The molecule has 1 aromatic heterocycles. The number of ether oxygens (including phenoxy) is 2. The highest BCUT2D eigenvalue weighted by atomic mass is 35.5. The number of hydrogen-bond acceptors (Lipinski definition) is 4. The minimum absolute atomic E-state index is 0.128. The van der Waals surface area contributed by atoms with Crippen molar-refractivity contribution >= 4 is 39.9 Å². The zero-order chi connectivity index (χ0) is 20.8. The van der Waals surface area contributed by atoms with Gasteiger partial charge >= 0.3 is 5.97 Å². The molecule has 0 aliphatic heterocycles. The summed E-state index contributed by atoms with van der Waals surface area (Å²) < 4.78 is 12.7. The smallest absolute Gasteiger partial charge is 0.358 e. The second kappa shape index (κ2) is 10.2. The van der Waals surface area contributed by atoms with Gasteiger partial charge in [0.05, 0.1) is 28.6 Å². The number of fused-ring (bicyclic) bond motifs is 1. The lowest BCUT2D eigenvalue weighted by atomic mass is 10.1. The molecule has 0 spiro atoms. The largest absolute Gasteiger partial charge is 0.490 e. The number of hydrogen-bond donors (Lipinski definition) is 0. The lowest BCUT2D eigenvalue weighted by molar-refractivity contribution is 0.0505. The first-order chi connectivity index (χ1) is 13.3. The van der Waals surface area contributed by atoms with Crippen molar-refractivity contribution in [2.45, 2.75) is 53.5 Å². The highest BCUT2D eigenvalue weighted by Gasteiger charge is 2.26. The van der Waals surface area contributed by atoms with Gasteiger partial charge in [-0.1, -0.05) is 56.8 Å². The van der Waals surface area contributed by atoms with Gasteiger partial charge in [0.2, 0.25) is 0 Å². The molecule has 0 unspecified atom stereocenters. The van der Waals surface area contributed by atoms with Crippen LogP contribution in [0.5, 0.6) is 5.75 Å². The zero-order valence-corrected chi connectivity index (χ0v) is 18.3. The van der Waals surface area contributed by atoms with Gasteiger partial charge < -0.3 is 9.47 Å². The Morgan fingerprint density at radius 2 is 1.75 bits per heavy atom. The molecule has 0 fully saturated rings. The van der Waals surface area contributed by atoms with Crippen LogP contribution in [0.3, 0.4) is 0 Å². The summed E-state index contributed by atoms with van der Waals surface area (Å²) in [5.41, 5.74) is -0.186. The van der Waals surface area contributed by atoms with Crippen molar-refractivity contribution in [2.75, 3.05) is 13.2 Å². The van der Waals surface area contributed by atoms with Crippen molar-refractivity contribution in [1.82, 2.24) is 4.57 Å². The molecular weight excluding hydrogens is 401 g/mol. The summed E-state index contributed by atoms with van der Waals surface area (Å²) in [7, 11) is 0. The quantitative estimate of drug-likeness (QED) is 0.379. The van der Waals surface area contributed by atoms with Crippen LogP contribution < -0.4 is 10.3 Å². The summed E-state index contributed by atoms with van der Waals surface area (Å²) in [6.45, 7) is 8.75. The van der Waals surface area contributed by atoms with Crippen molar-refractivity contribution in [3.05, 3.63) is 38.2 Å². The molecule has 0 saturated heterocycles. The number of esters is 1. The Labute approximate surface area is 175 Å². The molecule has 1 aromatic carbocycles. The van der Waals surface area contributed by atoms with Crippen LogP contribution in [0.4, 0.5) is 0 Å². The molecule has 7 heteroatoms. The number of nitrogens with zero attached hydrogens (tertiary/aromatic N) is 1. The van der Waals surface area contributed by atoms with E-state index in [-0.39, 0.29) is 28.8 Å². The highest BCUT2D eigenvalue weighted by Crippen LogP contribution is 2.34. The first kappa shape index (κ1) is 22.6. The SMILES string of the molecule is CCCCCOc1c(C(=O)OCC)n(CC(C)C)c(=O)c2cc(Cl)c(Cl)cc12. The summed E-state index contributed by atoms with van der Waals surface area (Å²) in [5.74, 6) is -0.124. The predicted molar refractivity (Wildman–Crippen MR) is 114 cm³/mol. The molecular formula is C21H27Cl2NO4. The molecule has 0 saturated carbocycles. The number of rotatable bonds is 9. The normalized spacial score (nSPS) is 11.2. The number of unbranched alkanes of at least 4 members (excludes halogenated alkanes) is 2. The summed E-state index contributed by atoms with van der Waals surface area (Å²) in [6.07, 6.45) is 2.89. The van der Waals surface area contributed by atoms with Gasteiger partial charge in [-0.3, -0.25) is 9.36 Å². The number of aromatic nitrogens is 1. The van der Waals surface area contributed by atoms with Crippen molar-refractivity contribution in [3.63, 3.8) is 0 Å². The van der Waals surface area contributed by atoms with Crippen LogP contribution in [0.2, 0.25) is 10.0 Å². The summed E-state index contributed by atoms with van der Waals surface area (Å²) in [4.78, 5) is 26.0. The number of halogens is 2. The van der Waals surface area contributed by atoms with Crippen LogP contribution >= 0.6 is 23.2 Å². The second-order valence-electron chi connectivity index (χ2n) is 7.08. The van der Waals surface area contributed by atoms with Crippen LogP contribution in [0.15, 0.2) is 16.9 Å². The topological polar surface area (TPSA) is 57.5 Å². The predicted octanol–water partition coefficient (Wildman–Crippen LogP) is 5.71.